The van der Waals surface area contributed by atoms with E-state index < -0.39 is 0 Å². The summed E-state index contributed by atoms with van der Waals surface area (Å²) in [5, 5.41) is 11.7. The van der Waals surface area contributed by atoms with E-state index in [0.717, 1.165) is 34.8 Å². The molecule has 0 aliphatic rings. The predicted molar refractivity (Wildman–Crippen MR) is 89.2 cm³/mol. The molecule has 120 valence electrons. The Hall–Kier alpha value is -2.83. The molecule has 0 amide bonds. The first-order chi connectivity index (χ1) is 11.3. The Labute approximate surface area is 134 Å². The highest BCUT2D eigenvalue weighted by molar-refractivity contribution is 5.82. The summed E-state index contributed by atoms with van der Waals surface area (Å²) in [6.07, 6.45) is 3.22. The highest BCUT2D eigenvalue weighted by Gasteiger charge is 2.10. The van der Waals surface area contributed by atoms with E-state index in [1.807, 2.05) is 18.2 Å². The minimum absolute atomic E-state index is 0.587. The fourth-order valence-electron chi connectivity index (χ4n) is 2.42. The maximum Gasteiger partial charge on any atom is 0.191 e. The number of rotatable bonds is 5. The summed E-state index contributed by atoms with van der Waals surface area (Å²) >= 11 is 0. The Kier molecular flexibility index (Phi) is 4.56. The third-order valence-electron chi connectivity index (χ3n) is 3.68. The predicted octanol–water partition coefficient (Wildman–Crippen LogP) is 1.70. The largest absolute Gasteiger partial charge is 0.459 e. The van der Waals surface area contributed by atoms with Crippen molar-refractivity contribution in [1.29, 1.82) is 0 Å². The third-order valence-corrected chi connectivity index (χ3v) is 3.68. The first kappa shape index (κ1) is 15.1. The Balaban J connectivity index is 1.55. The maximum absolute atomic E-state index is 5.89. The second kappa shape index (κ2) is 6.95. The number of para-hydroxylation sites is 1. The Morgan fingerprint density at radius 2 is 2.17 bits per heavy atom. The van der Waals surface area contributed by atoms with Gasteiger partial charge in [0.2, 0.25) is 0 Å². The smallest absolute Gasteiger partial charge is 0.191 e. The van der Waals surface area contributed by atoms with Gasteiger partial charge in [-0.15, -0.1) is 0 Å². The van der Waals surface area contributed by atoms with E-state index in [-0.39, 0.29) is 0 Å². The van der Waals surface area contributed by atoms with Crippen molar-refractivity contribution in [2.24, 2.45) is 4.99 Å². The van der Waals surface area contributed by atoms with Gasteiger partial charge in [0.15, 0.2) is 5.96 Å². The molecular weight excluding hydrogens is 292 g/mol. The lowest BCUT2D eigenvalue weighted by Gasteiger charge is -2.11. The number of aromatic nitrogens is 3. The van der Waals surface area contributed by atoms with Crippen molar-refractivity contribution < 1.29 is 4.42 Å². The van der Waals surface area contributed by atoms with Crippen LogP contribution >= 0.6 is 0 Å². The molecule has 7 heteroatoms. The lowest BCUT2D eigenvalue weighted by atomic mass is 10.1. The van der Waals surface area contributed by atoms with Gasteiger partial charge in [0.25, 0.3) is 0 Å². The zero-order valence-corrected chi connectivity index (χ0v) is 13.3. The van der Waals surface area contributed by atoms with Crippen molar-refractivity contribution in [1.82, 2.24) is 25.4 Å². The summed E-state index contributed by atoms with van der Waals surface area (Å²) in [5.74, 6) is 1.65. The van der Waals surface area contributed by atoms with Crippen LogP contribution in [-0.4, -0.2) is 34.3 Å². The maximum atomic E-state index is 5.89. The number of hydrogen-bond acceptors (Lipinski definition) is 4. The van der Waals surface area contributed by atoms with Crippen LogP contribution in [0.2, 0.25) is 0 Å². The molecule has 3 rings (SSSR count). The van der Waals surface area contributed by atoms with Gasteiger partial charge in [-0.1, -0.05) is 18.2 Å². The minimum Gasteiger partial charge on any atom is -0.459 e. The molecule has 2 heterocycles. The minimum atomic E-state index is 0.587. The third kappa shape index (κ3) is 3.50. The highest BCUT2D eigenvalue weighted by Crippen LogP contribution is 2.24. The lowest BCUT2D eigenvalue weighted by molar-refractivity contribution is 0.532. The Morgan fingerprint density at radius 3 is 2.91 bits per heavy atom. The van der Waals surface area contributed by atoms with Crippen LogP contribution in [0.15, 0.2) is 46.3 Å². The van der Waals surface area contributed by atoms with E-state index in [1.165, 1.54) is 6.33 Å². The number of benzene rings is 1. The first-order valence-corrected chi connectivity index (χ1v) is 7.52. The van der Waals surface area contributed by atoms with Gasteiger partial charge in [-0.2, -0.15) is 5.10 Å². The fourth-order valence-corrected chi connectivity index (χ4v) is 2.42. The molecule has 0 atom stereocenters. The van der Waals surface area contributed by atoms with Crippen LogP contribution in [0.1, 0.15) is 11.3 Å². The van der Waals surface area contributed by atoms with Crippen LogP contribution in [0.4, 0.5) is 0 Å². The summed E-state index contributed by atoms with van der Waals surface area (Å²) in [6.45, 7) is 4.10. The van der Waals surface area contributed by atoms with E-state index in [9.17, 15) is 0 Å². The number of hydrogen-bond donors (Lipinski definition) is 2. The zero-order valence-electron chi connectivity index (χ0n) is 13.3. The van der Waals surface area contributed by atoms with Gasteiger partial charge >= 0.3 is 0 Å². The number of furan rings is 1. The first-order valence-electron chi connectivity index (χ1n) is 7.52. The van der Waals surface area contributed by atoms with Gasteiger partial charge in [-0.25, -0.2) is 4.98 Å². The van der Waals surface area contributed by atoms with Gasteiger partial charge in [0.1, 0.15) is 24.0 Å². The zero-order chi connectivity index (χ0) is 16.1. The second-order valence-corrected chi connectivity index (χ2v) is 5.16. The van der Waals surface area contributed by atoms with E-state index in [1.54, 1.807) is 18.1 Å². The van der Waals surface area contributed by atoms with Crippen LogP contribution in [0.25, 0.3) is 11.0 Å². The number of nitrogens with one attached hydrogen (secondary N) is 2. The molecule has 0 aliphatic heterocycles. The molecule has 0 spiro atoms. The SMILES string of the molecule is CN=C(NCCn1cncn1)NCc1oc2ccccc2c1C. The molecule has 3 aromatic rings. The van der Waals surface area contributed by atoms with Gasteiger partial charge in [-0.05, 0) is 13.0 Å². The monoisotopic (exact) mass is 312 g/mol. The van der Waals surface area contributed by atoms with Crippen molar-refractivity contribution in [3.8, 4) is 0 Å². The summed E-state index contributed by atoms with van der Waals surface area (Å²) in [6, 6.07) is 8.06. The van der Waals surface area contributed by atoms with Crippen LogP contribution < -0.4 is 10.6 Å². The average Bonchev–Trinajstić information content (AvgIpc) is 3.19. The van der Waals surface area contributed by atoms with Crippen molar-refractivity contribution in [3.63, 3.8) is 0 Å². The molecule has 0 saturated carbocycles. The molecule has 1 aromatic carbocycles. The Bertz CT molecular complexity index is 790. The molecule has 0 saturated heterocycles. The molecule has 23 heavy (non-hydrogen) atoms. The van der Waals surface area contributed by atoms with Crippen LogP contribution in [0.5, 0.6) is 0 Å². The van der Waals surface area contributed by atoms with Gasteiger partial charge < -0.3 is 15.1 Å². The average molecular weight is 312 g/mol. The molecule has 2 aromatic heterocycles. The van der Waals surface area contributed by atoms with Crippen molar-refractivity contribution >= 4 is 16.9 Å². The highest BCUT2D eigenvalue weighted by atomic mass is 16.3. The summed E-state index contributed by atoms with van der Waals surface area (Å²) in [4.78, 5) is 8.13. The normalized spacial score (nSPS) is 11.8. The lowest BCUT2D eigenvalue weighted by Crippen LogP contribution is -2.38. The van der Waals surface area contributed by atoms with Crippen LogP contribution in [-0.2, 0) is 13.1 Å². The van der Waals surface area contributed by atoms with E-state index in [4.69, 9.17) is 4.42 Å². The van der Waals surface area contributed by atoms with Crippen molar-refractivity contribution in [2.45, 2.75) is 20.0 Å². The summed E-state index contributed by atoms with van der Waals surface area (Å²) in [7, 11) is 1.75. The number of aliphatic imine (C=N–C) groups is 1. The van der Waals surface area contributed by atoms with Crippen LogP contribution in [0, 0.1) is 6.92 Å². The molecule has 2 N–H and O–H groups in total. The topological polar surface area (TPSA) is 80.3 Å². The van der Waals surface area contributed by atoms with Gasteiger partial charge in [0, 0.05) is 24.5 Å². The second-order valence-electron chi connectivity index (χ2n) is 5.16. The fraction of sp³-hybridized carbons (Fsp3) is 0.312. The van der Waals surface area contributed by atoms with Gasteiger partial charge in [-0.3, -0.25) is 9.67 Å². The summed E-state index contributed by atoms with van der Waals surface area (Å²) in [5.41, 5.74) is 2.07. The number of guanidine groups is 1. The molecule has 7 nitrogen and oxygen atoms in total. The van der Waals surface area contributed by atoms with Crippen molar-refractivity contribution in [2.75, 3.05) is 13.6 Å². The molecule has 0 unspecified atom stereocenters. The number of fused-ring (bicyclic) bond motifs is 1. The van der Waals surface area contributed by atoms with Crippen molar-refractivity contribution in [3.05, 3.63) is 48.2 Å². The molecule has 0 bridgehead atoms. The summed E-state index contributed by atoms with van der Waals surface area (Å²) < 4.78 is 7.66. The molecular formula is C16H20N6O. The number of aryl methyl sites for hydroxylation is 1. The molecule has 0 radical (unpaired) electrons. The Morgan fingerprint density at radius 1 is 1.30 bits per heavy atom. The standard InChI is InChI=1S/C16H20N6O/c1-12-13-5-3-4-6-14(13)23-15(12)9-20-16(17-2)19-7-8-22-11-18-10-21-22/h3-6,10-11H,7-9H2,1-2H3,(H2,17,19,20). The van der Waals surface area contributed by atoms with Gasteiger partial charge in [0.05, 0.1) is 13.1 Å². The molecule has 0 fully saturated rings. The van der Waals surface area contributed by atoms with E-state index in [0.29, 0.717) is 13.1 Å². The van der Waals surface area contributed by atoms with Crippen LogP contribution in [0.3, 0.4) is 0 Å². The van der Waals surface area contributed by atoms with E-state index in [2.05, 4.69) is 38.7 Å². The number of nitrogens with zero attached hydrogens (tertiary/aromatic N) is 4. The quantitative estimate of drug-likeness (QED) is 0.553. The molecule has 0 aliphatic carbocycles. The van der Waals surface area contributed by atoms with E-state index >= 15 is 0 Å².